The number of thiophene rings is 1. The van der Waals surface area contributed by atoms with Gasteiger partial charge < -0.3 is 5.32 Å². The minimum atomic E-state index is 0.974. The average molecular weight is 338 g/mol. The van der Waals surface area contributed by atoms with E-state index in [0.717, 1.165) is 60.4 Å². The fourth-order valence-corrected chi connectivity index (χ4v) is 4.45. The van der Waals surface area contributed by atoms with Gasteiger partial charge in [0.15, 0.2) is 0 Å². The van der Waals surface area contributed by atoms with E-state index in [2.05, 4.69) is 48.1 Å². The standard InChI is InChI=1S/C17H18N6S/c1-2-12(13-8-19-20-14(13)3-1)16-17-15(21-22-16)11(10-24-17)9-23-6-4-18-5-7-23/h1-3,8,10,18H,4-7,9H2,(H,19,20)(H,21,22). The molecular weight excluding hydrogens is 320 g/mol. The summed E-state index contributed by atoms with van der Waals surface area (Å²) in [5.74, 6) is 0. The Hall–Kier alpha value is -2.22. The molecule has 0 atom stereocenters. The van der Waals surface area contributed by atoms with E-state index in [1.165, 1.54) is 10.3 Å². The molecule has 0 bridgehead atoms. The first-order valence-electron chi connectivity index (χ1n) is 8.20. The van der Waals surface area contributed by atoms with E-state index in [1.807, 2.05) is 12.3 Å². The van der Waals surface area contributed by atoms with E-state index < -0.39 is 0 Å². The Morgan fingerprint density at radius 1 is 1.17 bits per heavy atom. The molecule has 1 fully saturated rings. The predicted octanol–water partition coefficient (Wildman–Crippen LogP) is 2.57. The molecule has 122 valence electrons. The van der Waals surface area contributed by atoms with Crippen molar-refractivity contribution in [2.75, 3.05) is 26.2 Å². The van der Waals surface area contributed by atoms with Gasteiger partial charge in [-0.25, -0.2) is 0 Å². The van der Waals surface area contributed by atoms with Crippen LogP contribution in [0.25, 0.3) is 32.4 Å². The molecular formula is C17H18N6S. The number of piperazine rings is 1. The molecule has 1 aromatic carbocycles. The van der Waals surface area contributed by atoms with Crippen molar-refractivity contribution in [1.82, 2.24) is 30.6 Å². The number of fused-ring (bicyclic) bond motifs is 2. The van der Waals surface area contributed by atoms with Crippen molar-refractivity contribution in [1.29, 1.82) is 0 Å². The van der Waals surface area contributed by atoms with Crippen LogP contribution in [-0.4, -0.2) is 51.5 Å². The summed E-state index contributed by atoms with van der Waals surface area (Å²) in [6, 6.07) is 6.22. The summed E-state index contributed by atoms with van der Waals surface area (Å²) in [4.78, 5) is 2.49. The maximum absolute atomic E-state index is 4.62. The third kappa shape index (κ3) is 2.24. The van der Waals surface area contributed by atoms with Gasteiger partial charge in [0.25, 0.3) is 0 Å². The summed E-state index contributed by atoms with van der Waals surface area (Å²) in [7, 11) is 0. The molecule has 7 heteroatoms. The highest BCUT2D eigenvalue weighted by atomic mass is 32.1. The highest BCUT2D eigenvalue weighted by molar-refractivity contribution is 7.18. The Labute approximate surface area is 142 Å². The zero-order valence-electron chi connectivity index (χ0n) is 13.2. The van der Waals surface area contributed by atoms with Gasteiger partial charge in [-0.3, -0.25) is 15.1 Å². The SMILES string of the molecule is c1cc(-c2[nH]nc3c(CN4CCNCC4)csc23)c2cn[nH]c2c1. The summed E-state index contributed by atoms with van der Waals surface area (Å²) in [5.41, 5.74) is 5.72. The van der Waals surface area contributed by atoms with Gasteiger partial charge in [-0.1, -0.05) is 12.1 Å². The third-order valence-electron chi connectivity index (χ3n) is 4.70. The molecule has 24 heavy (non-hydrogen) atoms. The topological polar surface area (TPSA) is 72.6 Å². The molecule has 0 amide bonds. The summed E-state index contributed by atoms with van der Waals surface area (Å²) in [6.07, 6.45) is 1.88. The van der Waals surface area contributed by atoms with Crippen molar-refractivity contribution >= 4 is 32.5 Å². The Kier molecular flexibility index (Phi) is 3.36. The molecule has 3 aromatic heterocycles. The van der Waals surface area contributed by atoms with Crippen molar-refractivity contribution in [2.24, 2.45) is 0 Å². The molecule has 0 spiro atoms. The minimum absolute atomic E-state index is 0.974. The molecule has 4 heterocycles. The van der Waals surface area contributed by atoms with Crippen LogP contribution in [-0.2, 0) is 6.54 Å². The molecule has 5 rings (SSSR count). The van der Waals surface area contributed by atoms with Crippen LogP contribution < -0.4 is 5.32 Å². The maximum atomic E-state index is 4.62. The van der Waals surface area contributed by atoms with Crippen LogP contribution in [0.3, 0.4) is 0 Å². The summed E-state index contributed by atoms with van der Waals surface area (Å²) < 4.78 is 1.23. The maximum Gasteiger partial charge on any atom is 0.108 e. The molecule has 6 nitrogen and oxygen atoms in total. The second-order valence-corrected chi connectivity index (χ2v) is 7.08. The Bertz CT molecular complexity index is 991. The van der Waals surface area contributed by atoms with E-state index in [4.69, 9.17) is 0 Å². The van der Waals surface area contributed by atoms with Crippen LogP contribution in [0, 0.1) is 0 Å². The minimum Gasteiger partial charge on any atom is -0.314 e. The third-order valence-corrected chi connectivity index (χ3v) is 5.74. The first-order valence-corrected chi connectivity index (χ1v) is 9.08. The van der Waals surface area contributed by atoms with Crippen LogP contribution in [0.5, 0.6) is 0 Å². The number of H-pyrrole nitrogens is 2. The molecule has 1 aliphatic rings. The molecule has 1 saturated heterocycles. The summed E-state index contributed by atoms with van der Waals surface area (Å²) >= 11 is 1.78. The second-order valence-electron chi connectivity index (χ2n) is 6.20. The number of hydrogen-bond acceptors (Lipinski definition) is 5. The lowest BCUT2D eigenvalue weighted by atomic mass is 10.1. The number of aromatic nitrogens is 4. The van der Waals surface area contributed by atoms with Crippen LogP contribution >= 0.6 is 11.3 Å². The van der Waals surface area contributed by atoms with E-state index in [9.17, 15) is 0 Å². The predicted molar refractivity (Wildman–Crippen MR) is 97.2 cm³/mol. The van der Waals surface area contributed by atoms with Gasteiger partial charge in [-0.05, 0) is 11.4 Å². The molecule has 4 aromatic rings. The lowest BCUT2D eigenvalue weighted by molar-refractivity contribution is 0.234. The molecule has 3 N–H and O–H groups in total. The van der Waals surface area contributed by atoms with Gasteiger partial charge in [0, 0.05) is 49.2 Å². The highest BCUT2D eigenvalue weighted by Crippen LogP contribution is 2.36. The van der Waals surface area contributed by atoms with E-state index >= 15 is 0 Å². The zero-order valence-corrected chi connectivity index (χ0v) is 14.0. The second kappa shape index (κ2) is 5.70. The first kappa shape index (κ1) is 14.2. The highest BCUT2D eigenvalue weighted by Gasteiger charge is 2.18. The monoisotopic (exact) mass is 338 g/mol. The quantitative estimate of drug-likeness (QED) is 0.537. The summed E-state index contributed by atoms with van der Waals surface area (Å²) in [5, 5.41) is 21.9. The lowest BCUT2D eigenvalue weighted by Gasteiger charge is -2.26. The molecule has 0 radical (unpaired) electrons. The Morgan fingerprint density at radius 3 is 3.00 bits per heavy atom. The number of nitrogens with zero attached hydrogens (tertiary/aromatic N) is 3. The fraction of sp³-hybridized carbons (Fsp3) is 0.294. The van der Waals surface area contributed by atoms with Gasteiger partial charge >= 0.3 is 0 Å². The lowest BCUT2D eigenvalue weighted by Crippen LogP contribution is -2.42. The van der Waals surface area contributed by atoms with Crippen LogP contribution in [0.1, 0.15) is 5.56 Å². The van der Waals surface area contributed by atoms with E-state index in [-0.39, 0.29) is 0 Å². The number of hydrogen-bond donors (Lipinski definition) is 3. The molecule has 0 aliphatic carbocycles. The van der Waals surface area contributed by atoms with Crippen LogP contribution in [0.2, 0.25) is 0 Å². The number of aromatic amines is 2. The molecule has 0 saturated carbocycles. The largest absolute Gasteiger partial charge is 0.314 e. The van der Waals surface area contributed by atoms with Crippen LogP contribution in [0.4, 0.5) is 0 Å². The van der Waals surface area contributed by atoms with Crippen molar-refractivity contribution in [2.45, 2.75) is 6.54 Å². The smallest absolute Gasteiger partial charge is 0.108 e. The number of benzene rings is 1. The zero-order chi connectivity index (χ0) is 15.9. The molecule has 1 aliphatic heterocycles. The number of nitrogens with one attached hydrogen (secondary N) is 3. The van der Waals surface area contributed by atoms with Crippen molar-refractivity contribution in [3.8, 4) is 11.3 Å². The fourth-order valence-electron chi connectivity index (χ4n) is 3.44. The molecule has 0 unspecified atom stereocenters. The van der Waals surface area contributed by atoms with Gasteiger partial charge in [-0.2, -0.15) is 10.2 Å². The normalized spacial score (nSPS) is 16.3. The van der Waals surface area contributed by atoms with E-state index in [0.29, 0.717) is 0 Å². The van der Waals surface area contributed by atoms with Gasteiger partial charge in [0.1, 0.15) is 5.52 Å². The van der Waals surface area contributed by atoms with Crippen LogP contribution in [0.15, 0.2) is 29.8 Å². The van der Waals surface area contributed by atoms with Gasteiger partial charge in [0.2, 0.25) is 0 Å². The number of rotatable bonds is 3. The van der Waals surface area contributed by atoms with Crippen molar-refractivity contribution < 1.29 is 0 Å². The van der Waals surface area contributed by atoms with E-state index in [1.54, 1.807) is 11.3 Å². The van der Waals surface area contributed by atoms with Gasteiger partial charge in [-0.15, -0.1) is 11.3 Å². The van der Waals surface area contributed by atoms with Crippen molar-refractivity contribution in [3.05, 3.63) is 35.3 Å². The average Bonchev–Trinajstić information content (AvgIpc) is 3.32. The summed E-state index contributed by atoms with van der Waals surface area (Å²) in [6.45, 7) is 5.32. The van der Waals surface area contributed by atoms with Gasteiger partial charge in [0.05, 0.1) is 22.1 Å². The Balaban J connectivity index is 1.55. The Morgan fingerprint density at radius 2 is 2.08 bits per heavy atom. The first-order chi connectivity index (χ1) is 11.9. The van der Waals surface area contributed by atoms with Crippen molar-refractivity contribution in [3.63, 3.8) is 0 Å².